The molecule has 0 fully saturated rings. The van der Waals surface area contributed by atoms with E-state index in [1.807, 2.05) is 18.2 Å². The van der Waals surface area contributed by atoms with Gasteiger partial charge in [0, 0.05) is 14.7 Å². The molecule has 13 heavy (non-hydrogen) atoms. The van der Waals surface area contributed by atoms with Crippen molar-refractivity contribution in [3.05, 3.63) is 32.6 Å². The summed E-state index contributed by atoms with van der Waals surface area (Å²) < 4.78 is 1.98. The maximum Gasteiger partial charge on any atom is 0.0786 e. The van der Waals surface area contributed by atoms with Crippen LogP contribution in [-0.2, 0) is 6.61 Å². The molecule has 0 amide bonds. The molecular weight excluding hydrogens is 272 g/mol. The number of aliphatic hydroxyl groups excluding tert-OH is 1. The van der Waals surface area contributed by atoms with Crippen LogP contribution in [0.5, 0.6) is 0 Å². The van der Waals surface area contributed by atoms with E-state index in [-0.39, 0.29) is 6.61 Å². The van der Waals surface area contributed by atoms with Crippen molar-refractivity contribution in [3.63, 3.8) is 0 Å². The van der Waals surface area contributed by atoms with Gasteiger partial charge in [-0.3, -0.25) is 0 Å². The van der Waals surface area contributed by atoms with Gasteiger partial charge in [-0.2, -0.15) is 0 Å². The number of fused-ring (bicyclic) bond motifs is 1. The van der Waals surface area contributed by atoms with E-state index in [4.69, 9.17) is 16.7 Å². The predicted molar refractivity (Wildman–Crippen MR) is 60.5 cm³/mol. The standard InChI is InChI=1S/C9H6BrClOS/c10-8-5-2-1-3-6(11)9(5)13-7(8)4-12/h1-3,12H,4H2. The Kier molecular flexibility index (Phi) is 2.60. The Morgan fingerprint density at radius 1 is 1.46 bits per heavy atom. The van der Waals surface area contributed by atoms with Crippen LogP contribution in [0.2, 0.25) is 5.02 Å². The lowest BCUT2D eigenvalue weighted by Crippen LogP contribution is -1.74. The van der Waals surface area contributed by atoms with Crippen LogP contribution in [0.3, 0.4) is 0 Å². The molecule has 1 heterocycles. The summed E-state index contributed by atoms with van der Waals surface area (Å²) in [5.74, 6) is 0. The van der Waals surface area contributed by atoms with Crippen LogP contribution >= 0.6 is 38.9 Å². The average Bonchev–Trinajstić information content (AvgIpc) is 2.45. The number of rotatable bonds is 1. The summed E-state index contributed by atoms with van der Waals surface area (Å²) in [6, 6.07) is 5.75. The fourth-order valence-electron chi connectivity index (χ4n) is 1.21. The molecule has 0 saturated heterocycles. The highest BCUT2D eigenvalue weighted by atomic mass is 79.9. The van der Waals surface area contributed by atoms with Crippen molar-refractivity contribution in [1.29, 1.82) is 0 Å². The fourth-order valence-corrected chi connectivity index (χ4v) is 3.28. The maximum absolute atomic E-state index is 9.05. The largest absolute Gasteiger partial charge is 0.391 e. The Morgan fingerprint density at radius 2 is 2.23 bits per heavy atom. The second-order valence-corrected chi connectivity index (χ2v) is 4.92. The van der Waals surface area contributed by atoms with Gasteiger partial charge in [0.2, 0.25) is 0 Å². The van der Waals surface area contributed by atoms with Crippen molar-refractivity contribution >= 4 is 49.0 Å². The van der Waals surface area contributed by atoms with Gasteiger partial charge in [-0.1, -0.05) is 23.7 Å². The van der Waals surface area contributed by atoms with Gasteiger partial charge in [0.1, 0.15) is 0 Å². The highest BCUT2D eigenvalue weighted by Crippen LogP contribution is 2.38. The van der Waals surface area contributed by atoms with Gasteiger partial charge in [0.15, 0.2) is 0 Å². The Hall–Kier alpha value is -0.0900. The second kappa shape index (κ2) is 3.58. The zero-order chi connectivity index (χ0) is 9.42. The summed E-state index contributed by atoms with van der Waals surface area (Å²) in [4.78, 5) is 0.920. The minimum Gasteiger partial charge on any atom is -0.391 e. The monoisotopic (exact) mass is 276 g/mol. The summed E-state index contributed by atoms with van der Waals surface area (Å²) in [5, 5.41) is 10.9. The Bertz CT molecular complexity index is 452. The molecular formula is C9H6BrClOS. The molecule has 0 aliphatic carbocycles. The number of hydrogen-bond acceptors (Lipinski definition) is 2. The van der Waals surface area contributed by atoms with E-state index in [1.54, 1.807) is 0 Å². The SMILES string of the molecule is OCc1sc2c(Cl)cccc2c1Br. The van der Waals surface area contributed by atoms with Crippen molar-refractivity contribution in [2.24, 2.45) is 0 Å². The molecule has 1 aromatic heterocycles. The van der Waals surface area contributed by atoms with Gasteiger partial charge in [-0.15, -0.1) is 11.3 Å². The van der Waals surface area contributed by atoms with Crippen LogP contribution in [0.1, 0.15) is 4.88 Å². The van der Waals surface area contributed by atoms with Crippen LogP contribution in [0.15, 0.2) is 22.7 Å². The molecule has 0 aliphatic rings. The van der Waals surface area contributed by atoms with Crippen molar-refractivity contribution in [2.45, 2.75) is 6.61 Å². The van der Waals surface area contributed by atoms with Crippen molar-refractivity contribution in [1.82, 2.24) is 0 Å². The maximum atomic E-state index is 9.05. The zero-order valence-electron chi connectivity index (χ0n) is 6.55. The van der Waals surface area contributed by atoms with Crippen LogP contribution in [0.25, 0.3) is 10.1 Å². The predicted octanol–water partition coefficient (Wildman–Crippen LogP) is 3.81. The molecule has 0 spiro atoms. The van der Waals surface area contributed by atoms with Gasteiger partial charge in [-0.05, 0) is 22.0 Å². The molecule has 1 N–H and O–H groups in total. The molecule has 4 heteroatoms. The lowest BCUT2D eigenvalue weighted by Gasteiger charge is -1.91. The summed E-state index contributed by atoms with van der Waals surface area (Å²) >= 11 is 11.0. The van der Waals surface area contributed by atoms with Gasteiger partial charge in [0.05, 0.1) is 16.3 Å². The van der Waals surface area contributed by atoms with Crippen LogP contribution in [0.4, 0.5) is 0 Å². The third-order valence-corrected chi connectivity index (χ3v) is 4.64. The first-order valence-corrected chi connectivity index (χ1v) is 5.69. The molecule has 0 saturated carbocycles. The van der Waals surface area contributed by atoms with E-state index in [1.165, 1.54) is 11.3 Å². The molecule has 1 aromatic carbocycles. The second-order valence-electron chi connectivity index (χ2n) is 2.61. The van der Waals surface area contributed by atoms with Crippen LogP contribution in [0, 0.1) is 0 Å². The number of hydrogen-bond donors (Lipinski definition) is 1. The Labute approximate surface area is 93.1 Å². The Morgan fingerprint density at radius 3 is 2.85 bits per heavy atom. The molecule has 0 aliphatic heterocycles. The molecule has 0 unspecified atom stereocenters. The first-order chi connectivity index (χ1) is 6.24. The first kappa shape index (κ1) is 9.46. The third-order valence-electron chi connectivity index (χ3n) is 1.82. The third kappa shape index (κ3) is 1.50. The summed E-state index contributed by atoms with van der Waals surface area (Å²) in [5.41, 5.74) is 0. The zero-order valence-corrected chi connectivity index (χ0v) is 9.71. The van der Waals surface area contributed by atoms with E-state index in [0.717, 1.165) is 24.5 Å². The van der Waals surface area contributed by atoms with Gasteiger partial charge in [0.25, 0.3) is 0 Å². The molecule has 2 rings (SSSR count). The fraction of sp³-hybridized carbons (Fsp3) is 0.111. The minimum absolute atomic E-state index is 0.0518. The highest BCUT2D eigenvalue weighted by Gasteiger charge is 2.10. The molecule has 0 bridgehead atoms. The summed E-state index contributed by atoms with van der Waals surface area (Å²) in [7, 11) is 0. The van der Waals surface area contributed by atoms with Gasteiger partial charge >= 0.3 is 0 Å². The number of aliphatic hydroxyl groups is 1. The smallest absolute Gasteiger partial charge is 0.0786 e. The lowest BCUT2D eigenvalue weighted by atomic mass is 10.2. The lowest BCUT2D eigenvalue weighted by molar-refractivity contribution is 0.285. The number of thiophene rings is 1. The number of halogens is 2. The van der Waals surface area contributed by atoms with E-state index in [0.29, 0.717) is 0 Å². The molecule has 2 aromatic rings. The van der Waals surface area contributed by atoms with E-state index in [2.05, 4.69) is 15.9 Å². The summed E-state index contributed by atoms with van der Waals surface area (Å²) in [6.07, 6.45) is 0. The molecule has 68 valence electrons. The van der Waals surface area contributed by atoms with Crippen molar-refractivity contribution in [2.75, 3.05) is 0 Å². The highest BCUT2D eigenvalue weighted by molar-refractivity contribution is 9.10. The normalized spacial score (nSPS) is 11.0. The van der Waals surface area contributed by atoms with Crippen LogP contribution < -0.4 is 0 Å². The molecule has 0 radical (unpaired) electrons. The van der Waals surface area contributed by atoms with Gasteiger partial charge in [-0.25, -0.2) is 0 Å². The summed E-state index contributed by atoms with van der Waals surface area (Å²) in [6.45, 7) is 0.0518. The van der Waals surface area contributed by atoms with Crippen molar-refractivity contribution < 1.29 is 5.11 Å². The Balaban J connectivity index is 2.83. The van der Waals surface area contributed by atoms with Crippen LogP contribution in [-0.4, -0.2) is 5.11 Å². The average molecular weight is 278 g/mol. The quantitative estimate of drug-likeness (QED) is 0.840. The number of benzene rings is 1. The first-order valence-electron chi connectivity index (χ1n) is 3.70. The van der Waals surface area contributed by atoms with E-state index in [9.17, 15) is 0 Å². The van der Waals surface area contributed by atoms with E-state index < -0.39 is 0 Å². The minimum atomic E-state index is 0.0518. The molecule has 0 atom stereocenters. The molecule has 1 nitrogen and oxygen atoms in total. The van der Waals surface area contributed by atoms with E-state index >= 15 is 0 Å². The van der Waals surface area contributed by atoms with Gasteiger partial charge < -0.3 is 5.11 Å². The topological polar surface area (TPSA) is 20.2 Å². The van der Waals surface area contributed by atoms with Crippen molar-refractivity contribution in [3.8, 4) is 0 Å².